The number of nitrogens with one attached hydrogen (secondary N) is 1. The first-order chi connectivity index (χ1) is 7.76. The molecule has 3 atom stereocenters. The summed E-state index contributed by atoms with van der Waals surface area (Å²) in [6, 6.07) is 0. The maximum atomic E-state index is 5.86. The van der Waals surface area contributed by atoms with Crippen LogP contribution >= 0.6 is 0 Å². The quantitative estimate of drug-likeness (QED) is 0.681. The number of rotatable bonds is 8. The van der Waals surface area contributed by atoms with E-state index in [1.807, 2.05) is 6.92 Å². The van der Waals surface area contributed by atoms with Crippen LogP contribution in [0.4, 0.5) is 0 Å². The lowest BCUT2D eigenvalue weighted by molar-refractivity contribution is -0.0538. The highest BCUT2D eigenvalue weighted by atomic mass is 16.6. The van der Waals surface area contributed by atoms with Gasteiger partial charge in [-0.15, -0.1) is 0 Å². The summed E-state index contributed by atoms with van der Waals surface area (Å²) in [6.07, 6.45) is 3.03. The SMILES string of the molecule is CCNCC1CCC(COC(C)COC)O1. The maximum Gasteiger partial charge on any atom is 0.0814 e. The summed E-state index contributed by atoms with van der Waals surface area (Å²) in [5.41, 5.74) is 0. The number of hydrogen-bond acceptors (Lipinski definition) is 4. The Morgan fingerprint density at radius 3 is 2.81 bits per heavy atom. The van der Waals surface area contributed by atoms with E-state index in [4.69, 9.17) is 14.2 Å². The topological polar surface area (TPSA) is 39.7 Å². The van der Waals surface area contributed by atoms with Gasteiger partial charge in [0, 0.05) is 13.7 Å². The minimum Gasteiger partial charge on any atom is -0.382 e. The van der Waals surface area contributed by atoms with E-state index >= 15 is 0 Å². The molecule has 1 rings (SSSR count). The number of hydrogen-bond donors (Lipinski definition) is 1. The average molecular weight is 231 g/mol. The van der Waals surface area contributed by atoms with E-state index in [0.717, 1.165) is 25.9 Å². The second-order valence-electron chi connectivity index (χ2n) is 4.36. The smallest absolute Gasteiger partial charge is 0.0814 e. The molecule has 3 unspecified atom stereocenters. The molecule has 1 aliphatic heterocycles. The van der Waals surface area contributed by atoms with Crippen LogP contribution in [0.25, 0.3) is 0 Å². The average Bonchev–Trinajstić information content (AvgIpc) is 2.72. The first-order valence-corrected chi connectivity index (χ1v) is 6.23. The molecule has 1 aliphatic rings. The predicted octanol–water partition coefficient (Wildman–Crippen LogP) is 1.19. The molecule has 0 saturated carbocycles. The Labute approximate surface area is 98.6 Å². The van der Waals surface area contributed by atoms with Gasteiger partial charge in [-0.3, -0.25) is 0 Å². The van der Waals surface area contributed by atoms with Gasteiger partial charge in [0.25, 0.3) is 0 Å². The van der Waals surface area contributed by atoms with Crippen LogP contribution in [0, 0.1) is 0 Å². The van der Waals surface area contributed by atoms with Crippen molar-refractivity contribution >= 4 is 0 Å². The highest BCUT2D eigenvalue weighted by Gasteiger charge is 2.25. The predicted molar refractivity (Wildman–Crippen MR) is 63.7 cm³/mol. The first-order valence-electron chi connectivity index (χ1n) is 6.23. The minimum atomic E-state index is 0.154. The zero-order valence-electron chi connectivity index (χ0n) is 10.7. The molecule has 0 aromatic carbocycles. The molecule has 0 spiro atoms. The van der Waals surface area contributed by atoms with E-state index in [1.165, 1.54) is 0 Å². The summed E-state index contributed by atoms with van der Waals surface area (Å²) < 4.78 is 16.5. The van der Waals surface area contributed by atoms with Gasteiger partial charge in [-0.1, -0.05) is 6.92 Å². The van der Waals surface area contributed by atoms with Gasteiger partial charge in [-0.25, -0.2) is 0 Å². The Hall–Kier alpha value is -0.160. The standard InChI is InChI=1S/C12H25NO3/c1-4-13-7-11-5-6-12(16-11)9-15-10(2)8-14-3/h10-13H,4-9H2,1-3H3. The molecule has 1 N–H and O–H groups in total. The molecule has 0 bridgehead atoms. The van der Waals surface area contributed by atoms with Gasteiger partial charge < -0.3 is 19.5 Å². The second kappa shape index (κ2) is 8.01. The van der Waals surface area contributed by atoms with Crippen LogP contribution < -0.4 is 5.32 Å². The largest absolute Gasteiger partial charge is 0.382 e. The van der Waals surface area contributed by atoms with Gasteiger partial charge in [-0.2, -0.15) is 0 Å². The van der Waals surface area contributed by atoms with Gasteiger partial charge in [0.2, 0.25) is 0 Å². The third-order valence-corrected chi connectivity index (χ3v) is 2.79. The van der Waals surface area contributed by atoms with E-state index in [-0.39, 0.29) is 12.2 Å². The fourth-order valence-electron chi connectivity index (χ4n) is 1.91. The van der Waals surface area contributed by atoms with Crippen molar-refractivity contribution in [2.45, 2.75) is 45.0 Å². The molecule has 0 amide bonds. The molecular weight excluding hydrogens is 206 g/mol. The number of methoxy groups -OCH3 is 1. The summed E-state index contributed by atoms with van der Waals surface area (Å²) in [4.78, 5) is 0. The zero-order valence-corrected chi connectivity index (χ0v) is 10.7. The molecule has 0 radical (unpaired) electrons. The molecule has 0 aliphatic carbocycles. The fourth-order valence-corrected chi connectivity index (χ4v) is 1.91. The van der Waals surface area contributed by atoms with Gasteiger partial charge in [0.05, 0.1) is 31.5 Å². The Balaban J connectivity index is 2.07. The summed E-state index contributed by atoms with van der Waals surface area (Å²) in [5, 5.41) is 3.31. The highest BCUT2D eigenvalue weighted by Crippen LogP contribution is 2.19. The van der Waals surface area contributed by atoms with Gasteiger partial charge >= 0.3 is 0 Å². The Morgan fingerprint density at radius 2 is 2.12 bits per heavy atom. The molecular formula is C12H25NO3. The Kier molecular flexibility index (Phi) is 6.96. The maximum absolute atomic E-state index is 5.86. The first kappa shape index (κ1) is 13.9. The zero-order chi connectivity index (χ0) is 11.8. The molecule has 4 heteroatoms. The van der Waals surface area contributed by atoms with Crippen LogP contribution in [-0.2, 0) is 14.2 Å². The number of likely N-dealkylation sites (N-methyl/N-ethyl adjacent to an activating group) is 1. The van der Waals surface area contributed by atoms with E-state index in [2.05, 4.69) is 12.2 Å². The number of ether oxygens (including phenoxy) is 3. The van der Waals surface area contributed by atoms with Crippen molar-refractivity contribution in [3.63, 3.8) is 0 Å². The lowest BCUT2D eigenvalue weighted by atomic mass is 10.2. The van der Waals surface area contributed by atoms with Gasteiger partial charge in [0.1, 0.15) is 0 Å². The molecule has 96 valence electrons. The second-order valence-corrected chi connectivity index (χ2v) is 4.36. The van der Waals surface area contributed by atoms with E-state index in [1.54, 1.807) is 7.11 Å². The van der Waals surface area contributed by atoms with E-state index < -0.39 is 0 Å². The summed E-state index contributed by atoms with van der Waals surface area (Å²) >= 11 is 0. The minimum absolute atomic E-state index is 0.154. The lowest BCUT2D eigenvalue weighted by Gasteiger charge is -2.17. The molecule has 4 nitrogen and oxygen atoms in total. The van der Waals surface area contributed by atoms with Crippen LogP contribution in [0.15, 0.2) is 0 Å². The molecule has 16 heavy (non-hydrogen) atoms. The molecule has 1 heterocycles. The van der Waals surface area contributed by atoms with Crippen molar-refractivity contribution in [2.75, 3.05) is 33.4 Å². The van der Waals surface area contributed by atoms with Gasteiger partial charge in [0.15, 0.2) is 0 Å². The van der Waals surface area contributed by atoms with Crippen LogP contribution in [0.1, 0.15) is 26.7 Å². The van der Waals surface area contributed by atoms with Crippen molar-refractivity contribution in [3.05, 3.63) is 0 Å². The molecule has 0 aromatic heterocycles. The van der Waals surface area contributed by atoms with Crippen molar-refractivity contribution in [2.24, 2.45) is 0 Å². The Morgan fingerprint density at radius 1 is 1.38 bits per heavy atom. The monoisotopic (exact) mass is 231 g/mol. The lowest BCUT2D eigenvalue weighted by Crippen LogP contribution is -2.28. The van der Waals surface area contributed by atoms with Crippen molar-refractivity contribution in [3.8, 4) is 0 Å². The van der Waals surface area contributed by atoms with Crippen molar-refractivity contribution in [1.82, 2.24) is 5.32 Å². The van der Waals surface area contributed by atoms with Crippen LogP contribution in [0.2, 0.25) is 0 Å². The Bertz CT molecular complexity index is 178. The van der Waals surface area contributed by atoms with Crippen LogP contribution in [0.5, 0.6) is 0 Å². The third kappa shape index (κ3) is 5.25. The molecule has 0 aromatic rings. The van der Waals surface area contributed by atoms with Crippen molar-refractivity contribution < 1.29 is 14.2 Å². The van der Waals surface area contributed by atoms with Crippen LogP contribution in [-0.4, -0.2) is 51.7 Å². The van der Waals surface area contributed by atoms with E-state index in [9.17, 15) is 0 Å². The van der Waals surface area contributed by atoms with Crippen LogP contribution in [0.3, 0.4) is 0 Å². The summed E-state index contributed by atoms with van der Waals surface area (Å²) in [5.74, 6) is 0. The molecule has 1 fully saturated rings. The summed E-state index contributed by atoms with van der Waals surface area (Å²) in [7, 11) is 1.69. The van der Waals surface area contributed by atoms with E-state index in [0.29, 0.717) is 19.3 Å². The highest BCUT2D eigenvalue weighted by molar-refractivity contribution is 4.75. The van der Waals surface area contributed by atoms with Crippen molar-refractivity contribution in [1.29, 1.82) is 0 Å². The summed E-state index contributed by atoms with van der Waals surface area (Å²) in [6.45, 7) is 7.43. The third-order valence-electron chi connectivity index (χ3n) is 2.79. The normalized spacial score (nSPS) is 27.2. The fraction of sp³-hybridized carbons (Fsp3) is 1.00. The van der Waals surface area contributed by atoms with Gasteiger partial charge in [-0.05, 0) is 26.3 Å². The molecule has 1 saturated heterocycles.